The number of amides is 1. The van der Waals surface area contributed by atoms with E-state index in [-0.39, 0.29) is 5.91 Å². The molecule has 130 valence electrons. The quantitative estimate of drug-likeness (QED) is 0.822. The van der Waals surface area contributed by atoms with Gasteiger partial charge in [0.2, 0.25) is 5.91 Å². The van der Waals surface area contributed by atoms with Crippen molar-refractivity contribution < 1.29 is 19.0 Å². The summed E-state index contributed by atoms with van der Waals surface area (Å²) in [5, 5.41) is 2.88. The number of rotatable bonds is 6. The van der Waals surface area contributed by atoms with Gasteiger partial charge in [0.05, 0.1) is 7.11 Å². The molecule has 25 heavy (non-hydrogen) atoms. The Bertz CT molecular complexity index is 770. The highest BCUT2D eigenvalue weighted by Gasteiger charge is 2.11. The summed E-state index contributed by atoms with van der Waals surface area (Å²) < 4.78 is 16.3. The van der Waals surface area contributed by atoms with Crippen LogP contribution in [0.3, 0.4) is 0 Å². The van der Waals surface area contributed by atoms with Gasteiger partial charge >= 0.3 is 0 Å². The molecule has 0 radical (unpaired) electrons. The number of nitrogens with one attached hydrogen (secondary N) is 1. The first-order chi connectivity index (χ1) is 12.3. The molecule has 5 nitrogen and oxygen atoms in total. The first-order valence-corrected chi connectivity index (χ1v) is 8.24. The summed E-state index contributed by atoms with van der Waals surface area (Å²) in [6.07, 6.45) is 3.99. The van der Waals surface area contributed by atoms with E-state index in [9.17, 15) is 4.79 Å². The molecule has 0 bridgehead atoms. The van der Waals surface area contributed by atoms with E-state index in [1.54, 1.807) is 13.2 Å². The Balaban J connectivity index is 1.50. The number of fused-ring (bicyclic) bond motifs is 1. The summed E-state index contributed by atoms with van der Waals surface area (Å²) in [6.45, 7) is 1.70. The fourth-order valence-corrected chi connectivity index (χ4v) is 2.60. The van der Waals surface area contributed by atoms with Crippen molar-refractivity contribution in [2.45, 2.75) is 6.42 Å². The summed E-state index contributed by atoms with van der Waals surface area (Å²) in [5.74, 6) is 2.15. The second-order valence-electron chi connectivity index (χ2n) is 5.59. The van der Waals surface area contributed by atoms with E-state index in [0.717, 1.165) is 34.8 Å². The maximum atomic E-state index is 12.0. The van der Waals surface area contributed by atoms with E-state index in [0.29, 0.717) is 19.8 Å². The number of methoxy groups -OCH3 is 1. The molecule has 3 rings (SSSR count). The van der Waals surface area contributed by atoms with Gasteiger partial charge in [-0.25, -0.2) is 0 Å². The van der Waals surface area contributed by atoms with Gasteiger partial charge in [0.25, 0.3) is 0 Å². The lowest BCUT2D eigenvalue weighted by atomic mass is 10.1. The van der Waals surface area contributed by atoms with Gasteiger partial charge < -0.3 is 19.5 Å². The molecule has 0 aromatic heterocycles. The predicted molar refractivity (Wildman–Crippen MR) is 96.2 cm³/mol. The molecule has 0 atom stereocenters. The molecule has 1 heterocycles. The molecule has 2 aromatic carbocycles. The van der Waals surface area contributed by atoms with Crippen molar-refractivity contribution in [2.75, 3.05) is 26.9 Å². The van der Waals surface area contributed by atoms with Gasteiger partial charge in [-0.1, -0.05) is 24.3 Å². The maximum absolute atomic E-state index is 12.0. The van der Waals surface area contributed by atoms with Crippen LogP contribution in [0, 0.1) is 0 Å². The first kappa shape index (κ1) is 16.9. The van der Waals surface area contributed by atoms with Crippen LogP contribution in [0.25, 0.3) is 6.08 Å². The van der Waals surface area contributed by atoms with Crippen molar-refractivity contribution in [3.05, 3.63) is 59.7 Å². The normalized spacial score (nSPS) is 12.8. The van der Waals surface area contributed by atoms with Gasteiger partial charge in [-0.3, -0.25) is 4.79 Å². The molecule has 1 aliphatic rings. The van der Waals surface area contributed by atoms with Crippen LogP contribution in [0.5, 0.6) is 17.2 Å². The van der Waals surface area contributed by atoms with Crippen LogP contribution in [0.15, 0.2) is 48.5 Å². The summed E-state index contributed by atoms with van der Waals surface area (Å²) >= 11 is 0. The smallest absolute Gasteiger partial charge is 0.244 e. The van der Waals surface area contributed by atoms with Crippen molar-refractivity contribution in [1.29, 1.82) is 0 Å². The number of hydrogen-bond donors (Lipinski definition) is 1. The summed E-state index contributed by atoms with van der Waals surface area (Å²) in [6, 6.07) is 13.4. The van der Waals surface area contributed by atoms with Crippen molar-refractivity contribution in [3.8, 4) is 17.2 Å². The van der Waals surface area contributed by atoms with Crippen LogP contribution >= 0.6 is 0 Å². The Hall–Kier alpha value is -2.95. The lowest BCUT2D eigenvalue weighted by Gasteiger charge is -2.18. The number of para-hydroxylation sites is 1. The molecule has 0 saturated heterocycles. The maximum Gasteiger partial charge on any atom is 0.244 e. The Morgan fingerprint density at radius 1 is 1.16 bits per heavy atom. The minimum absolute atomic E-state index is 0.136. The minimum Gasteiger partial charge on any atom is -0.496 e. The third-order valence-electron chi connectivity index (χ3n) is 3.87. The van der Waals surface area contributed by atoms with Gasteiger partial charge in [0.15, 0.2) is 11.5 Å². The molecule has 2 aromatic rings. The summed E-state index contributed by atoms with van der Waals surface area (Å²) in [4.78, 5) is 12.0. The molecule has 0 unspecified atom stereocenters. The van der Waals surface area contributed by atoms with Gasteiger partial charge in [-0.2, -0.15) is 0 Å². The molecule has 0 aliphatic carbocycles. The first-order valence-electron chi connectivity index (χ1n) is 8.24. The zero-order valence-electron chi connectivity index (χ0n) is 14.2. The van der Waals surface area contributed by atoms with E-state index >= 15 is 0 Å². The van der Waals surface area contributed by atoms with Crippen LogP contribution < -0.4 is 19.5 Å². The average molecular weight is 339 g/mol. The van der Waals surface area contributed by atoms with Gasteiger partial charge in [0.1, 0.15) is 19.0 Å². The van der Waals surface area contributed by atoms with Gasteiger partial charge in [-0.15, -0.1) is 0 Å². The highest BCUT2D eigenvalue weighted by Crippen LogP contribution is 2.30. The van der Waals surface area contributed by atoms with E-state index in [2.05, 4.69) is 5.32 Å². The average Bonchev–Trinajstić information content (AvgIpc) is 2.66. The number of ether oxygens (including phenoxy) is 3. The fourth-order valence-electron chi connectivity index (χ4n) is 2.60. The van der Waals surface area contributed by atoms with E-state index in [4.69, 9.17) is 14.2 Å². The Morgan fingerprint density at radius 2 is 1.96 bits per heavy atom. The molecule has 0 fully saturated rings. The number of hydrogen-bond acceptors (Lipinski definition) is 4. The van der Waals surface area contributed by atoms with Gasteiger partial charge in [-0.05, 0) is 36.3 Å². The largest absolute Gasteiger partial charge is 0.496 e. The van der Waals surface area contributed by atoms with Crippen LogP contribution in [0.2, 0.25) is 0 Å². The molecule has 0 saturated carbocycles. The molecule has 0 spiro atoms. The summed E-state index contributed by atoms with van der Waals surface area (Å²) in [7, 11) is 1.61. The lowest BCUT2D eigenvalue weighted by molar-refractivity contribution is -0.116. The molecule has 1 N–H and O–H groups in total. The Labute approximate surface area is 147 Å². The van der Waals surface area contributed by atoms with Crippen molar-refractivity contribution in [2.24, 2.45) is 0 Å². The number of carbonyl (C=O) groups is 1. The standard InChI is InChI=1S/C20H21NO4/c1-23-17-5-3-2-4-16(17)7-9-20(22)21-11-10-15-6-8-18-19(14-15)25-13-12-24-18/h2-9,14H,10-13H2,1H3,(H,21,22). The lowest BCUT2D eigenvalue weighted by Crippen LogP contribution is -2.23. The topological polar surface area (TPSA) is 56.8 Å². The molecular weight excluding hydrogens is 318 g/mol. The zero-order chi connectivity index (χ0) is 17.5. The third kappa shape index (κ3) is 4.53. The fraction of sp³-hybridized carbons (Fsp3) is 0.250. The summed E-state index contributed by atoms with van der Waals surface area (Å²) in [5.41, 5.74) is 1.96. The third-order valence-corrected chi connectivity index (χ3v) is 3.87. The van der Waals surface area contributed by atoms with Gasteiger partial charge in [0, 0.05) is 18.2 Å². The van der Waals surface area contributed by atoms with Crippen molar-refractivity contribution >= 4 is 12.0 Å². The number of carbonyl (C=O) groups excluding carboxylic acids is 1. The number of benzene rings is 2. The van der Waals surface area contributed by atoms with Crippen LogP contribution in [-0.4, -0.2) is 32.8 Å². The monoisotopic (exact) mass is 339 g/mol. The Morgan fingerprint density at radius 3 is 2.80 bits per heavy atom. The minimum atomic E-state index is -0.136. The van der Waals surface area contributed by atoms with Crippen molar-refractivity contribution in [1.82, 2.24) is 5.32 Å². The highest BCUT2D eigenvalue weighted by atomic mass is 16.6. The Kier molecular flexibility index (Phi) is 5.57. The van der Waals surface area contributed by atoms with Crippen LogP contribution in [0.1, 0.15) is 11.1 Å². The van der Waals surface area contributed by atoms with E-state index in [1.807, 2.05) is 42.5 Å². The van der Waals surface area contributed by atoms with Crippen molar-refractivity contribution in [3.63, 3.8) is 0 Å². The van der Waals surface area contributed by atoms with E-state index in [1.165, 1.54) is 6.08 Å². The second kappa shape index (κ2) is 8.24. The highest BCUT2D eigenvalue weighted by molar-refractivity contribution is 5.92. The SMILES string of the molecule is COc1ccccc1C=CC(=O)NCCc1ccc2c(c1)OCCO2. The molecular formula is C20H21NO4. The zero-order valence-corrected chi connectivity index (χ0v) is 14.2. The molecule has 1 amide bonds. The van der Waals surface area contributed by atoms with Crippen LogP contribution in [-0.2, 0) is 11.2 Å². The molecule has 1 aliphatic heterocycles. The predicted octanol–water partition coefficient (Wildman–Crippen LogP) is 2.84. The van der Waals surface area contributed by atoms with Crippen LogP contribution in [0.4, 0.5) is 0 Å². The second-order valence-corrected chi connectivity index (χ2v) is 5.59. The molecule has 5 heteroatoms. The van der Waals surface area contributed by atoms with E-state index < -0.39 is 0 Å².